The number of nitriles is 1. The molecule has 0 aromatic carbocycles. The molecule has 0 saturated heterocycles. The van der Waals surface area contributed by atoms with Crippen molar-refractivity contribution in [2.24, 2.45) is 7.05 Å². The fourth-order valence-corrected chi connectivity index (χ4v) is 1.15. The Morgan fingerprint density at radius 1 is 1.71 bits per heavy atom. The maximum Gasteiger partial charge on any atom is 0.139 e. The average Bonchev–Trinajstić information content (AvgIpc) is 2.42. The number of rotatable bonds is 3. The van der Waals surface area contributed by atoms with Gasteiger partial charge < -0.3 is 5.73 Å². The van der Waals surface area contributed by atoms with Crippen LogP contribution in [0.2, 0.25) is 0 Å². The van der Waals surface area contributed by atoms with Crippen molar-refractivity contribution in [3.63, 3.8) is 0 Å². The summed E-state index contributed by atoms with van der Waals surface area (Å²) < 4.78 is 1.41. The number of aromatic nitrogens is 2. The van der Waals surface area contributed by atoms with Gasteiger partial charge in [-0.15, -0.1) is 0 Å². The predicted octanol–water partition coefficient (Wildman–Crippen LogP) is 0.396. The van der Waals surface area contributed by atoms with E-state index in [1.165, 1.54) is 4.68 Å². The Balaban J connectivity index is 3.04. The third kappa shape index (κ3) is 1.74. The summed E-state index contributed by atoms with van der Waals surface area (Å²) in [7, 11) is 1.65. The number of hydrogen-bond donors (Lipinski definition) is 1. The lowest BCUT2D eigenvalue weighted by Gasteiger charge is -1.92. The van der Waals surface area contributed by atoms with Crippen molar-refractivity contribution in [1.82, 2.24) is 9.78 Å². The lowest BCUT2D eigenvalue weighted by molar-refractivity contribution is -0.118. The summed E-state index contributed by atoms with van der Waals surface area (Å²) in [5, 5.41) is 12.8. The molecule has 1 rings (SSSR count). The predicted molar refractivity (Wildman–Crippen MR) is 51.3 cm³/mol. The van der Waals surface area contributed by atoms with Gasteiger partial charge in [0, 0.05) is 13.5 Å². The highest BCUT2D eigenvalue weighted by Crippen LogP contribution is 2.15. The second-order valence-electron chi connectivity index (χ2n) is 3.01. The van der Waals surface area contributed by atoms with Crippen molar-refractivity contribution < 1.29 is 4.79 Å². The summed E-state index contributed by atoms with van der Waals surface area (Å²) in [5.41, 5.74) is 6.38. The van der Waals surface area contributed by atoms with Crippen LogP contribution in [0, 0.1) is 11.3 Å². The highest BCUT2D eigenvalue weighted by atomic mass is 16.1. The number of carbonyl (C=O) groups is 1. The largest absolute Gasteiger partial charge is 0.383 e. The monoisotopic (exact) mass is 192 g/mol. The van der Waals surface area contributed by atoms with Crippen LogP contribution in [0.25, 0.3) is 0 Å². The zero-order valence-electron chi connectivity index (χ0n) is 8.24. The second-order valence-corrected chi connectivity index (χ2v) is 3.01. The Hall–Kier alpha value is -1.83. The summed E-state index contributed by atoms with van der Waals surface area (Å²) in [6, 6.07) is 1.95. The SMILES string of the molecule is CCC(=O)Cc1nn(C)c(N)c1C#N. The summed E-state index contributed by atoms with van der Waals surface area (Å²) in [5.74, 6) is 0.367. The van der Waals surface area contributed by atoms with E-state index >= 15 is 0 Å². The first kappa shape index (κ1) is 10.3. The average molecular weight is 192 g/mol. The summed E-state index contributed by atoms with van der Waals surface area (Å²) in [4.78, 5) is 11.2. The van der Waals surface area contributed by atoms with Crippen LogP contribution in [0.4, 0.5) is 5.82 Å². The van der Waals surface area contributed by atoms with E-state index < -0.39 is 0 Å². The minimum atomic E-state index is 0.0552. The molecular formula is C9H12N4O. The Morgan fingerprint density at radius 3 is 2.86 bits per heavy atom. The van der Waals surface area contributed by atoms with E-state index in [0.717, 1.165) is 0 Å². The minimum Gasteiger partial charge on any atom is -0.383 e. The Labute approximate surface area is 82.1 Å². The van der Waals surface area contributed by atoms with Gasteiger partial charge >= 0.3 is 0 Å². The molecule has 0 aliphatic heterocycles. The fraction of sp³-hybridized carbons (Fsp3) is 0.444. The molecule has 1 heterocycles. The zero-order chi connectivity index (χ0) is 10.7. The molecule has 1 aromatic heterocycles. The van der Waals surface area contributed by atoms with Crippen molar-refractivity contribution in [3.05, 3.63) is 11.3 Å². The molecule has 1 aromatic rings. The van der Waals surface area contributed by atoms with Crippen molar-refractivity contribution in [3.8, 4) is 6.07 Å². The van der Waals surface area contributed by atoms with Gasteiger partial charge in [0.15, 0.2) is 0 Å². The van der Waals surface area contributed by atoms with Crippen LogP contribution in [0.3, 0.4) is 0 Å². The molecule has 5 heteroatoms. The van der Waals surface area contributed by atoms with Gasteiger partial charge in [0.2, 0.25) is 0 Å². The summed E-state index contributed by atoms with van der Waals surface area (Å²) in [6.07, 6.45) is 0.631. The Kier molecular flexibility index (Phi) is 2.87. The Bertz CT molecular complexity index is 400. The molecule has 2 N–H and O–H groups in total. The van der Waals surface area contributed by atoms with Crippen molar-refractivity contribution in [2.45, 2.75) is 19.8 Å². The van der Waals surface area contributed by atoms with Crippen molar-refractivity contribution >= 4 is 11.6 Å². The standard InChI is InChI=1S/C9H12N4O/c1-3-6(14)4-8-7(5-10)9(11)13(2)12-8/h3-4,11H2,1-2H3. The number of nitrogens with zero attached hydrogens (tertiary/aromatic N) is 3. The number of ketones is 1. The quantitative estimate of drug-likeness (QED) is 0.751. The molecule has 0 spiro atoms. The summed E-state index contributed by atoms with van der Waals surface area (Å²) >= 11 is 0. The van der Waals surface area contributed by atoms with Crippen LogP contribution >= 0.6 is 0 Å². The number of aryl methyl sites for hydroxylation is 1. The molecule has 0 aliphatic rings. The highest BCUT2D eigenvalue weighted by Gasteiger charge is 2.15. The van der Waals surface area contributed by atoms with Gasteiger partial charge in [-0.25, -0.2) is 0 Å². The smallest absolute Gasteiger partial charge is 0.139 e. The fourth-order valence-electron chi connectivity index (χ4n) is 1.15. The van der Waals surface area contributed by atoms with Gasteiger partial charge in [0.05, 0.1) is 12.1 Å². The van der Waals surface area contributed by atoms with E-state index in [1.807, 2.05) is 6.07 Å². The molecule has 0 atom stereocenters. The molecule has 0 amide bonds. The van der Waals surface area contributed by atoms with Gasteiger partial charge in [0.1, 0.15) is 23.2 Å². The number of nitrogen functional groups attached to an aromatic ring is 1. The van der Waals surface area contributed by atoms with E-state index in [9.17, 15) is 4.79 Å². The molecule has 0 bridgehead atoms. The number of Topliss-reactive ketones (excluding diaryl/α,β-unsaturated/α-hetero) is 1. The van der Waals surface area contributed by atoms with Gasteiger partial charge in [0.25, 0.3) is 0 Å². The van der Waals surface area contributed by atoms with Crippen molar-refractivity contribution in [1.29, 1.82) is 5.26 Å². The van der Waals surface area contributed by atoms with Gasteiger partial charge in [-0.05, 0) is 0 Å². The first-order chi connectivity index (χ1) is 6.60. The molecule has 74 valence electrons. The van der Waals surface area contributed by atoms with Crippen LogP contribution in [0.1, 0.15) is 24.6 Å². The van der Waals surface area contributed by atoms with E-state index in [-0.39, 0.29) is 12.2 Å². The number of hydrogen-bond acceptors (Lipinski definition) is 4. The molecule has 0 radical (unpaired) electrons. The third-order valence-electron chi connectivity index (χ3n) is 2.03. The lowest BCUT2D eigenvalue weighted by Crippen LogP contribution is -2.03. The van der Waals surface area contributed by atoms with E-state index in [1.54, 1.807) is 14.0 Å². The number of carbonyl (C=O) groups excluding carboxylic acids is 1. The number of nitrogens with two attached hydrogens (primary N) is 1. The first-order valence-corrected chi connectivity index (χ1v) is 4.33. The molecule has 5 nitrogen and oxygen atoms in total. The van der Waals surface area contributed by atoms with Crippen LogP contribution < -0.4 is 5.73 Å². The van der Waals surface area contributed by atoms with Gasteiger partial charge in [-0.3, -0.25) is 9.48 Å². The van der Waals surface area contributed by atoms with E-state index in [0.29, 0.717) is 23.5 Å². The molecule has 0 saturated carbocycles. The van der Waals surface area contributed by atoms with E-state index in [4.69, 9.17) is 11.0 Å². The second kappa shape index (κ2) is 3.92. The van der Waals surface area contributed by atoms with E-state index in [2.05, 4.69) is 5.10 Å². The molecule has 14 heavy (non-hydrogen) atoms. The molecule has 0 unspecified atom stereocenters. The van der Waals surface area contributed by atoms with Crippen molar-refractivity contribution in [2.75, 3.05) is 5.73 Å². The Morgan fingerprint density at radius 2 is 2.36 bits per heavy atom. The third-order valence-corrected chi connectivity index (χ3v) is 2.03. The van der Waals surface area contributed by atoms with Crippen LogP contribution in [-0.2, 0) is 18.3 Å². The maximum atomic E-state index is 11.2. The summed E-state index contributed by atoms with van der Waals surface area (Å²) in [6.45, 7) is 1.78. The zero-order valence-corrected chi connectivity index (χ0v) is 8.24. The maximum absolute atomic E-state index is 11.2. The van der Waals surface area contributed by atoms with Gasteiger partial charge in [-0.1, -0.05) is 6.92 Å². The van der Waals surface area contributed by atoms with Gasteiger partial charge in [-0.2, -0.15) is 10.4 Å². The topological polar surface area (TPSA) is 84.7 Å². The highest BCUT2D eigenvalue weighted by molar-refractivity contribution is 5.81. The number of anilines is 1. The molecule has 0 aliphatic carbocycles. The minimum absolute atomic E-state index is 0.0552. The lowest BCUT2D eigenvalue weighted by atomic mass is 10.1. The first-order valence-electron chi connectivity index (χ1n) is 4.33. The van der Waals surface area contributed by atoms with Crippen LogP contribution in [0.15, 0.2) is 0 Å². The normalized spacial score (nSPS) is 9.79. The van der Waals surface area contributed by atoms with Crippen LogP contribution in [-0.4, -0.2) is 15.6 Å². The van der Waals surface area contributed by atoms with Crippen LogP contribution in [0.5, 0.6) is 0 Å². The molecule has 0 fully saturated rings. The molecular weight excluding hydrogens is 180 g/mol.